The standard InChI is InChI=1S/C10H18N4/c1-3-8-14(9-7-11-2)10-5-4-6-12-13-10/h4-6,11H,3,7-9H2,1-2H3. The summed E-state index contributed by atoms with van der Waals surface area (Å²) in [7, 11) is 1.96. The Morgan fingerprint density at radius 3 is 2.86 bits per heavy atom. The van der Waals surface area contributed by atoms with E-state index in [1.165, 1.54) is 0 Å². The molecule has 0 unspecified atom stereocenters. The Bertz CT molecular complexity index is 237. The Morgan fingerprint density at radius 1 is 1.43 bits per heavy atom. The van der Waals surface area contributed by atoms with E-state index >= 15 is 0 Å². The van der Waals surface area contributed by atoms with Gasteiger partial charge in [0.1, 0.15) is 0 Å². The predicted molar refractivity (Wildman–Crippen MR) is 58.5 cm³/mol. The molecule has 0 aliphatic carbocycles. The summed E-state index contributed by atoms with van der Waals surface area (Å²) in [6, 6.07) is 3.92. The molecular formula is C10H18N4. The van der Waals surface area contributed by atoms with Gasteiger partial charge < -0.3 is 10.2 Å². The van der Waals surface area contributed by atoms with Crippen molar-refractivity contribution in [2.75, 3.05) is 31.6 Å². The molecule has 4 nitrogen and oxygen atoms in total. The van der Waals surface area contributed by atoms with Crippen LogP contribution in [0.3, 0.4) is 0 Å². The van der Waals surface area contributed by atoms with Crippen molar-refractivity contribution >= 4 is 5.82 Å². The summed E-state index contributed by atoms with van der Waals surface area (Å²) in [5.74, 6) is 0.963. The Hall–Kier alpha value is -1.16. The lowest BCUT2D eigenvalue weighted by atomic mass is 10.3. The minimum atomic E-state index is 0.963. The van der Waals surface area contributed by atoms with Crippen molar-refractivity contribution < 1.29 is 0 Å². The second-order valence-corrected chi connectivity index (χ2v) is 3.17. The van der Waals surface area contributed by atoms with Crippen LogP contribution >= 0.6 is 0 Å². The molecule has 1 aromatic rings. The first kappa shape index (κ1) is 10.9. The van der Waals surface area contributed by atoms with Crippen molar-refractivity contribution in [1.29, 1.82) is 0 Å². The number of hydrogen-bond donors (Lipinski definition) is 1. The fourth-order valence-corrected chi connectivity index (χ4v) is 1.32. The average Bonchev–Trinajstić information content (AvgIpc) is 2.25. The molecule has 0 bridgehead atoms. The molecule has 78 valence electrons. The average molecular weight is 194 g/mol. The third-order valence-corrected chi connectivity index (χ3v) is 2.01. The summed E-state index contributed by atoms with van der Waals surface area (Å²) in [5, 5.41) is 11.1. The lowest BCUT2D eigenvalue weighted by molar-refractivity contribution is 0.697. The summed E-state index contributed by atoms with van der Waals surface area (Å²) in [6.45, 7) is 5.14. The molecule has 1 heterocycles. The minimum absolute atomic E-state index is 0.963. The van der Waals surface area contributed by atoms with Gasteiger partial charge in [-0.25, -0.2) is 0 Å². The number of aromatic nitrogens is 2. The summed E-state index contributed by atoms with van der Waals surface area (Å²) in [4.78, 5) is 2.24. The van der Waals surface area contributed by atoms with E-state index in [4.69, 9.17) is 0 Å². The van der Waals surface area contributed by atoms with Crippen molar-refractivity contribution in [1.82, 2.24) is 15.5 Å². The highest BCUT2D eigenvalue weighted by atomic mass is 15.3. The zero-order valence-electron chi connectivity index (χ0n) is 8.90. The molecular weight excluding hydrogens is 176 g/mol. The number of hydrogen-bond acceptors (Lipinski definition) is 4. The van der Waals surface area contributed by atoms with Gasteiger partial charge in [-0.05, 0) is 25.6 Å². The predicted octanol–water partition coefficient (Wildman–Crippen LogP) is 0.912. The Morgan fingerprint density at radius 2 is 2.29 bits per heavy atom. The molecule has 1 N–H and O–H groups in total. The summed E-state index contributed by atoms with van der Waals surface area (Å²) in [5.41, 5.74) is 0. The van der Waals surface area contributed by atoms with Gasteiger partial charge in [0.05, 0.1) is 0 Å². The molecule has 0 saturated heterocycles. The van der Waals surface area contributed by atoms with Crippen LogP contribution in [0.1, 0.15) is 13.3 Å². The first-order valence-electron chi connectivity index (χ1n) is 5.05. The number of anilines is 1. The normalized spacial score (nSPS) is 10.1. The lowest BCUT2D eigenvalue weighted by Gasteiger charge is -2.22. The third kappa shape index (κ3) is 3.30. The molecule has 0 aliphatic heterocycles. The zero-order valence-corrected chi connectivity index (χ0v) is 8.90. The summed E-state index contributed by atoms with van der Waals surface area (Å²) >= 11 is 0. The van der Waals surface area contributed by atoms with Crippen LogP contribution in [0.15, 0.2) is 18.3 Å². The van der Waals surface area contributed by atoms with Crippen molar-refractivity contribution in [2.45, 2.75) is 13.3 Å². The molecule has 0 amide bonds. The molecule has 0 atom stereocenters. The number of nitrogens with one attached hydrogen (secondary N) is 1. The van der Waals surface area contributed by atoms with Crippen molar-refractivity contribution in [3.05, 3.63) is 18.3 Å². The number of likely N-dealkylation sites (N-methyl/N-ethyl adjacent to an activating group) is 1. The Balaban J connectivity index is 2.58. The van der Waals surface area contributed by atoms with E-state index in [0.717, 1.165) is 31.9 Å². The molecule has 0 radical (unpaired) electrons. The van der Waals surface area contributed by atoms with Crippen LogP contribution in [0.5, 0.6) is 0 Å². The highest BCUT2D eigenvalue weighted by molar-refractivity contribution is 5.35. The third-order valence-electron chi connectivity index (χ3n) is 2.01. The van der Waals surface area contributed by atoms with E-state index in [-0.39, 0.29) is 0 Å². The maximum Gasteiger partial charge on any atom is 0.151 e. The molecule has 0 spiro atoms. The SMILES string of the molecule is CCCN(CCNC)c1cccnn1. The van der Waals surface area contributed by atoms with Gasteiger partial charge in [-0.15, -0.1) is 5.10 Å². The summed E-state index contributed by atoms with van der Waals surface area (Å²) in [6.07, 6.45) is 2.83. The van der Waals surface area contributed by atoms with Crippen LogP contribution < -0.4 is 10.2 Å². The van der Waals surface area contributed by atoms with Gasteiger partial charge >= 0.3 is 0 Å². The van der Waals surface area contributed by atoms with Crippen LogP contribution in [0.25, 0.3) is 0 Å². The molecule has 0 saturated carbocycles. The van der Waals surface area contributed by atoms with Crippen molar-refractivity contribution in [3.63, 3.8) is 0 Å². The lowest BCUT2D eigenvalue weighted by Crippen LogP contribution is -2.32. The van der Waals surface area contributed by atoms with Crippen LogP contribution in [-0.2, 0) is 0 Å². The largest absolute Gasteiger partial charge is 0.354 e. The second kappa shape index (κ2) is 6.32. The van der Waals surface area contributed by atoms with Crippen molar-refractivity contribution in [3.8, 4) is 0 Å². The fourth-order valence-electron chi connectivity index (χ4n) is 1.32. The van der Waals surface area contributed by atoms with Gasteiger partial charge in [0.2, 0.25) is 0 Å². The van der Waals surface area contributed by atoms with Gasteiger partial charge in [0.15, 0.2) is 5.82 Å². The maximum absolute atomic E-state index is 4.10. The maximum atomic E-state index is 4.10. The van der Waals surface area contributed by atoms with Gasteiger partial charge in [0, 0.05) is 25.8 Å². The molecule has 1 rings (SSSR count). The number of nitrogens with zero attached hydrogens (tertiary/aromatic N) is 3. The number of rotatable bonds is 6. The quantitative estimate of drug-likeness (QED) is 0.731. The van der Waals surface area contributed by atoms with Gasteiger partial charge in [-0.3, -0.25) is 0 Å². The Labute approximate surface area is 85.3 Å². The van der Waals surface area contributed by atoms with E-state index < -0.39 is 0 Å². The zero-order chi connectivity index (χ0) is 10.2. The van der Waals surface area contributed by atoms with Crippen LogP contribution in [0, 0.1) is 0 Å². The molecule has 0 aliphatic rings. The van der Waals surface area contributed by atoms with E-state index in [1.807, 2.05) is 19.2 Å². The molecule has 0 aromatic carbocycles. The van der Waals surface area contributed by atoms with Crippen molar-refractivity contribution in [2.24, 2.45) is 0 Å². The molecule has 0 fully saturated rings. The topological polar surface area (TPSA) is 41.0 Å². The van der Waals surface area contributed by atoms with E-state index in [2.05, 4.69) is 27.3 Å². The smallest absolute Gasteiger partial charge is 0.151 e. The minimum Gasteiger partial charge on any atom is -0.354 e. The van der Waals surface area contributed by atoms with Gasteiger partial charge in [-0.2, -0.15) is 5.10 Å². The van der Waals surface area contributed by atoms with E-state index in [9.17, 15) is 0 Å². The van der Waals surface area contributed by atoms with Crippen LogP contribution in [-0.4, -0.2) is 36.9 Å². The van der Waals surface area contributed by atoms with E-state index in [1.54, 1.807) is 6.20 Å². The van der Waals surface area contributed by atoms with Crippen LogP contribution in [0.4, 0.5) is 5.82 Å². The second-order valence-electron chi connectivity index (χ2n) is 3.17. The van der Waals surface area contributed by atoms with E-state index in [0.29, 0.717) is 0 Å². The summed E-state index contributed by atoms with van der Waals surface area (Å²) < 4.78 is 0. The fraction of sp³-hybridized carbons (Fsp3) is 0.600. The van der Waals surface area contributed by atoms with Gasteiger partial charge in [0.25, 0.3) is 0 Å². The Kier molecular flexibility index (Phi) is 4.93. The molecule has 1 aromatic heterocycles. The highest BCUT2D eigenvalue weighted by Crippen LogP contribution is 2.07. The molecule has 14 heavy (non-hydrogen) atoms. The first-order valence-corrected chi connectivity index (χ1v) is 5.05. The van der Waals surface area contributed by atoms with Crippen LogP contribution in [0.2, 0.25) is 0 Å². The van der Waals surface area contributed by atoms with Gasteiger partial charge in [-0.1, -0.05) is 6.92 Å². The first-order chi connectivity index (χ1) is 6.88. The monoisotopic (exact) mass is 194 g/mol. The highest BCUT2D eigenvalue weighted by Gasteiger charge is 2.05. The molecule has 4 heteroatoms.